The van der Waals surface area contributed by atoms with Gasteiger partial charge in [-0.2, -0.15) is 0 Å². The van der Waals surface area contributed by atoms with Crippen LogP contribution in [0.3, 0.4) is 0 Å². The molecule has 3 N–H and O–H groups in total. The zero-order valence-corrected chi connectivity index (χ0v) is 27.1. The number of nitrogens with one attached hydrogen (secondary N) is 3. The number of thioether (sulfide) groups is 1. The molecule has 0 aliphatic rings. The van der Waals surface area contributed by atoms with Gasteiger partial charge in [0.15, 0.2) is 0 Å². The monoisotopic (exact) mass is 676 g/mol. The molecule has 9 nitrogen and oxygen atoms in total. The molecular weight excluding hydrogens is 648 g/mol. The van der Waals surface area contributed by atoms with Gasteiger partial charge < -0.3 is 16.0 Å². The molecule has 1 unspecified atom stereocenters. The highest BCUT2D eigenvalue weighted by Gasteiger charge is 2.24. The summed E-state index contributed by atoms with van der Waals surface area (Å²) in [6, 6.07) is 35.9. The fourth-order valence-electron chi connectivity index (χ4n) is 4.58. The number of nitro benzene ring substituents is 1. The van der Waals surface area contributed by atoms with E-state index in [1.165, 1.54) is 23.9 Å². The molecule has 5 aromatic rings. The molecule has 0 spiro atoms. The lowest BCUT2D eigenvalue weighted by Crippen LogP contribution is -2.30. The lowest BCUT2D eigenvalue weighted by atomic mass is 10.1. The molecule has 0 heterocycles. The van der Waals surface area contributed by atoms with Crippen LogP contribution in [0.15, 0.2) is 138 Å². The van der Waals surface area contributed by atoms with E-state index in [2.05, 4.69) is 16.0 Å². The minimum atomic E-state index is -0.688. The van der Waals surface area contributed by atoms with Gasteiger partial charge in [-0.25, -0.2) is 0 Å². The predicted octanol–water partition coefficient (Wildman–Crippen LogP) is 8.44. The van der Waals surface area contributed by atoms with Crippen molar-refractivity contribution in [1.82, 2.24) is 5.32 Å². The zero-order valence-electron chi connectivity index (χ0n) is 25.6. The number of nitrogens with zero attached hydrogens (tertiary/aromatic N) is 1. The van der Waals surface area contributed by atoms with Crippen molar-refractivity contribution in [2.24, 2.45) is 0 Å². The molecule has 0 aliphatic carbocycles. The molecule has 0 radical (unpaired) electrons. The Morgan fingerprint density at radius 3 is 2.10 bits per heavy atom. The first-order chi connectivity index (χ1) is 23.2. The van der Waals surface area contributed by atoms with Crippen molar-refractivity contribution in [2.75, 3.05) is 10.6 Å². The largest absolute Gasteiger partial charge is 0.324 e. The van der Waals surface area contributed by atoms with E-state index in [0.29, 0.717) is 33.1 Å². The number of benzene rings is 5. The van der Waals surface area contributed by atoms with E-state index in [4.69, 9.17) is 11.6 Å². The molecule has 0 fully saturated rings. The number of hydrogen-bond donors (Lipinski definition) is 3. The second-order valence-corrected chi connectivity index (χ2v) is 12.2. The van der Waals surface area contributed by atoms with Gasteiger partial charge in [-0.3, -0.25) is 24.5 Å². The normalized spacial score (nSPS) is 11.7. The molecule has 3 amide bonds. The fourth-order valence-corrected chi connectivity index (χ4v) is 5.73. The molecule has 1 atom stereocenters. The number of halogens is 1. The van der Waals surface area contributed by atoms with Crippen LogP contribution in [-0.2, 0) is 9.59 Å². The lowest BCUT2D eigenvalue weighted by molar-refractivity contribution is -0.384. The van der Waals surface area contributed by atoms with Crippen LogP contribution in [0.1, 0.15) is 32.3 Å². The first kappa shape index (κ1) is 33.6. The van der Waals surface area contributed by atoms with Crippen LogP contribution in [0, 0.1) is 17.0 Å². The van der Waals surface area contributed by atoms with Gasteiger partial charge >= 0.3 is 0 Å². The van der Waals surface area contributed by atoms with Gasteiger partial charge in [0.2, 0.25) is 5.91 Å². The maximum Gasteiger partial charge on any atom is 0.272 e. The van der Waals surface area contributed by atoms with E-state index in [-0.39, 0.29) is 17.3 Å². The highest BCUT2D eigenvalue weighted by molar-refractivity contribution is 8.00. The average Bonchev–Trinajstić information content (AvgIpc) is 3.10. The topological polar surface area (TPSA) is 130 Å². The van der Waals surface area contributed by atoms with Crippen LogP contribution in [0.5, 0.6) is 0 Å². The highest BCUT2D eigenvalue weighted by atomic mass is 35.5. The Balaban J connectivity index is 1.34. The second-order valence-electron chi connectivity index (χ2n) is 10.6. The fraction of sp³-hybridized carbons (Fsp3) is 0.0541. The Morgan fingerprint density at radius 2 is 1.46 bits per heavy atom. The second kappa shape index (κ2) is 15.7. The van der Waals surface area contributed by atoms with Crippen LogP contribution in [0.2, 0.25) is 5.02 Å². The standard InChI is InChI=1S/C37H29ClN4O5S/c1-24-12-19-30(42(46)47)23-32(24)40-37(45)34(26-8-4-2-5-9-26)48-31-20-17-29(18-21-31)39-36(44)33(22-25-13-15-28(38)16-14-25)41-35(43)27-10-6-3-7-11-27/h2-23,34H,1H3,(H,39,44)(H,40,45)(H,41,43)/b33-22-. The first-order valence-electron chi connectivity index (χ1n) is 14.7. The van der Waals surface area contributed by atoms with Crippen molar-refractivity contribution in [3.63, 3.8) is 0 Å². The maximum absolute atomic E-state index is 13.6. The number of hydrogen-bond acceptors (Lipinski definition) is 6. The number of carbonyl (C=O) groups is 3. The van der Waals surface area contributed by atoms with Crippen LogP contribution in [0.25, 0.3) is 6.08 Å². The van der Waals surface area contributed by atoms with Crippen LogP contribution in [0.4, 0.5) is 17.1 Å². The summed E-state index contributed by atoms with van der Waals surface area (Å²) in [6.07, 6.45) is 1.56. The SMILES string of the molecule is Cc1ccc([N+](=O)[O-])cc1NC(=O)C(Sc1ccc(NC(=O)/C(=C/c2ccc(Cl)cc2)NC(=O)c2ccccc2)cc1)c1ccccc1. The number of carbonyl (C=O) groups excluding carboxylic acids is 3. The van der Waals surface area contributed by atoms with Crippen molar-refractivity contribution in [3.05, 3.63) is 170 Å². The number of nitro groups is 1. The van der Waals surface area contributed by atoms with Crippen molar-refractivity contribution in [3.8, 4) is 0 Å². The molecule has 240 valence electrons. The minimum absolute atomic E-state index is 0.0295. The predicted molar refractivity (Wildman–Crippen MR) is 190 cm³/mol. The summed E-state index contributed by atoms with van der Waals surface area (Å²) in [5.41, 5.74) is 3.22. The third-order valence-electron chi connectivity index (χ3n) is 7.11. The first-order valence-corrected chi connectivity index (χ1v) is 15.9. The van der Waals surface area contributed by atoms with Crippen LogP contribution < -0.4 is 16.0 Å². The Morgan fingerprint density at radius 1 is 0.812 bits per heavy atom. The molecule has 5 aromatic carbocycles. The van der Waals surface area contributed by atoms with Crippen molar-refractivity contribution < 1.29 is 19.3 Å². The van der Waals surface area contributed by atoms with E-state index in [0.717, 1.165) is 10.5 Å². The quantitative estimate of drug-likeness (QED) is 0.0557. The Kier molecular flexibility index (Phi) is 11.0. The Bertz CT molecular complexity index is 1970. The highest BCUT2D eigenvalue weighted by Crippen LogP contribution is 2.37. The van der Waals surface area contributed by atoms with E-state index in [1.54, 1.807) is 97.9 Å². The van der Waals surface area contributed by atoms with Gasteiger partial charge in [0.25, 0.3) is 17.5 Å². The Labute approximate surface area is 286 Å². The molecule has 0 aliphatic heterocycles. The number of amides is 3. The minimum Gasteiger partial charge on any atom is -0.324 e. The molecular formula is C37H29ClN4O5S. The number of anilines is 2. The lowest BCUT2D eigenvalue weighted by Gasteiger charge is -2.18. The molecule has 0 bridgehead atoms. The number of aryl methyl sites for hydroxylation is 1. The summed E-state index contributed by atoms with van der Waals surface area (Å²) in [7, 11) is 0. The van der Waals surface area contributed by atoms with Crippen molar-refractivity contribution in [2.45, 2.75) is 17.1 Å². The molecule has 5 rings (SSSR count). The van der Waals surface area contributed by atoms with E-state index in [9.17, 15) is 24.5 Å². The van der Waals surface area contributed by atoms with Gasteiger partial charge in [-0.15, -0.1) is 11.8 Å². The van der Waals surface area contributed by atoms with Crippen molar-refractivity contribution in [1.29, 1.82) is 0 Å². The summed E-state index contributed by atoms with van der Waals surface area (Å²) in [6.45, 7) is 1.76. The van der Waals surface area contributed by atoms with Gasteiger partial charge in [-0.05, 0) is 78.2 Å². The smallest absolute Gasteiger partial charge is 0.272 e. The Hall–Kier alpha value is -5.71. The van der Waals surface area contributed by atoms with Crippen LogP contribution in [-0.4, -0.2) is 22.6 Å². The molecule has 0 saturated heterocycles. The molecule has 0 aromatic heterocycles. The third kappa shape index (κ3) is 8.97. The van der Waals surface area contributed by atoms with Gasteiger partial charge in [0.05, 0.1) is 10.6 Å². The van der Waals surface area contributed by atoms with E-state index >= 15 is 0 Å². The zero-order chi connectivity index (χ0) is 34.0. The summed E-state index contributed by atoms with van der Waals surface area (Å²) in [4.78, 5) is 51.5. The maximum atomic E-state index is 13.6. The number of rotatable bonds is 11. The summed E-state index contributed by atoms with van der Waals surface area (Å²) < 4.78 is 0. The number of non-ortho nitro benzene ring substituents is 1. The summed E-state index contributed by atoms with van der Waals surface area (Å²) >= 11 is 7.31. The third-order valence-corrected chi connectivity index (χ3v) is 8.62. The van der Waals surface area contributed by atoms with E-state index < -0.39 is 22.0 Å². The van der Waals surface area contributed by atoms with Gasteiger partial charge in [0, 0.05) is 33.3 Å². The molecule has 0 saturated carbocycles. The summed E-state index contributed by atoms with van der Waals surface area (Å²) in [5.74, 6) is -1.33. The van der Waals surface area contributed by atoms with Crippen LogP contribution >= 0.6 is 23.4 Å². The van der Waals surface area contributed by atoms with E-state index in [1.807, 2.05) is 30.3 Å². The molecule has 11 heteroatoms. The van der Waals surface area contributed by atoms with Gasteiger partial charge in [0.1, 0.15) is 10.9 Å². The van der Waals surface area contributed by atoms with Crippen molar-refractivity contribution >= 4 is 64.2 Å². The molecule has 48 heavy (non-hydrogen) atoms. The average molecular weight is 677 g/mol. The van der Waals surface area contributed by atoms with Gasteiger partial charge in [-0.1, -0.05) is 78.3 Å². The summed E-state index contributed by atoms with van der Waals surface area (Å²) in [5, 5.41) is 19.6.